The molecule has 0 saturated heterocycles. The molecule has 1 aliphatic rings. The predicted octanol–water partition coefficient (Wildman–Crippen LogP) is 5.83. The van der Waals surface area contributed by atoms with Crippen molar-refractivity contribution in [2.24, 2.45) is 0 Å². The lowest BCUT2D eigenvalue weighted by Crippen LogP contribution is -2.40. The van der Waals surface area contributed by atoms with Crippen LogP contribution in [0.2, 0.25) is 0 Å². The molecule has 2 aromatic carbocycles. The van der Waals surface area contributed by atoms with E-state index in [4.69, 9.17) is 4.98 Å². The van der Waals surface area contributed by atoms with Crippen LogP contribution in [-0.4, -0.2) is 48.4 Å². The zero-order chi connectivity index (χ0) is 26.6. The largest absolute Gasteiger partial charge is 0.573 e. The first-order valence-corrected chi connectivity index (χ1v) is 12.9. The highest BCUT2D eigenvalue weighted by Gasteiger charge is 2.32. The number of benzene rings is 2. The summed E-state index contributed by atoms with van der Waals surface area (Å²) in [6.07, 6.45) is -1.31. The lowest BCUT2D eigenvalue weighted by atomic mass is 9.91. The molecule has 0 unspecified atom stereocenters. The normalized spacial score (nSPS) is 17.9. The molecule has 1 aromatic heterocycles. The summed E-state index contributed by atoms with van der Waals surface area (Å²) >= 11 is 3.15. The first-order valence-electron chi connectivity index (χ1n) is 12.1. The molecule has 0 radical (unpaired) electrons. The van der Waals surface area contributed by atoms with Crippen LogP contribution in [-0.2, 0) is 11.2 Å². The Morgan fingerprint density at radius 2 is 1.78 bits per heavy atom. The van der Waals surface area contributed by atoms with E-state index in [1.165, 1.54) is 12.1 Å². The third-order valence-electron chi connectivity index (χ3n) is 6.31. The van der Waals surface area contributed by atoms with E-state index < -0.39 is 6.36 Å². The van der Waals surface area contributed by atoms with Crippen molar-refractivity contribution in [3.8, 4) is 5.75 Å². The lowest BCUT2D eigenvalue weighted by molar-refractivity contribution is -0.274. The number of halogens is 4. The number of aryl methyl sites for hydroxylation is 1. The average Bonchev–Trinajstić information content (AvgIpc) is 2.83. The van der Waals surface area contributed by atoms with Crippen LogP contribution in [0.15, 0.2) is 46.9 Å². The van der Waals surface area contributed by atoms with Crippen LogP contribution in [0, 0.1) is 0 Å². The Hall–Kier alpha value is -3.08. The van der Waals surface area contributed by atoms with Crippen molar-refractivity contribution in [1.82, 2.24) is 15.3 Å². The topological polar surface area (TPSA) is 79.4 Å². The highest BCUT2D eigenvalue weighted by atomic mass is 79.9. The third-order valence-corrected chi connectivity index (χ3v) is 6.80. The van der Waals surface area contributed by atoms with Gasteiger partial charge in [-0.05, 0) is 61.9 Å². The molecule has 1 amide bonds. The van der Waals surface area contributed by atoms with E-state index in [0.717, 1.165) is 42.4 Å². The second-order valence-electron chi connectivity index (χ2n) is 9.34. The quantitative estimate of drug-likeness (QED) is 0.349. The SMILES string of the molecule is CN(C)c1nc(N[C@H]2CC[C@@H](NC(=O)CCc3ccc(Br)cc3OC(F)(F)F)CC2)nc2ccccc12. The summed E-state index contributed by atoms with van der Waals surface area (Å²) in [5, 5.41) is 7.46. The summed E-state index contributed by atoms with van der Waals surface area (Å²) in [7, 11) is 3.90. The molecule has 0 spiro atoms. The Balaban J connectivity index is 1.28. The standard InChI is InChI=1S/C26H29BrF3N5O2/c1-35(2)24-20-5-3-4-6-21(20)33-25(34-24)32-19-12-10-18(11-13-19)31-23(36)14-8-16-7-9-17(27)15-22(16)37-26(28,29)30/h3-7,9,15,18-19H,8,10-14H2,1-2H3,(H,31,36)(H,32,33,34)/t18-,19+. The molecular formula is C26H29BrF3N5O2. The van der Waals surface area contributed by atoms with Gasteiger partial charge in [-0.3, -0.25) is 4.79 Å². The summed E-state index contributed by atoms with van der Waals surface area (Å²) in [5.41, 5.74) is 1.20. The van der Waals surface area contributed by atoms with Crippen LogP contribution >= 0.6 is 15.9 Å². The van der Waals surface area contributed by atoms with Crippen molar-refractivity contribution in [2.75, 3.05) is 24.3 Å². The fourth-order valence-corrected chi connectivity index (χ4v) is 4.87. The predicted molar refractivity (Wildman–Crippen MR) is 141 cm³/mol. The van der Waals surface area contributed by atoms with Gasteiger partial charge in [0, 0.05) is 42.5 Å². The highest BCUT2D eigenvalue weighted by molar-refractivity contribution is 9.10. The molecule has 1 fully saturated rings. The number of ether oxygens (including phenoxy) is 1. The number of hydrogen-bond donors (Lipinski definition) is 2. The molecule has 11 heteroatoms. The first kappa shape index (κ1) is 27.0. The molecule has 37 heavy (non-hydrogen) atoms. The van der Waals surface area contributed by atoms with Crippen LogP contribution in [0.25, 0.3) is 10.9 Å². The first-order chi connectivity index (χ1) is 17.6. The number of fused-ring (bicyclic) bond motifs is 1. The second-order valence-corrected chi connectivity index (χ2v) is 10.3. The van der Waals surface area contributed by atoms with Gasteiger partial charge in [-0.2, -0.15) is 4.98 Å². The fraction of sp³-hybridized carbons (Fsp3) is 0.423. The van der Waals surface area contributed by atoms with Crippen LogP contribution in [0.4, 0.5) is 24.9 Å². The van der Waals surface area contributed by atoms with E-state index >= 15 is 0 Å². The maximum atomic E-state index is 12.7. The van der Waals surface area contributed by atoms with Gasteiger partial charge in [0.15, 0.2) is 0 Å². The maximum absolute atomic E-state index is 12.7. The average molecular weight is 580 g/mol. The van der Waals surface area contributed by atoms with Crippen LogP contribution in [0.3, 0.4) is 0 Å². The lowest BCUT2D eigenvalue weighted by Gasteiger charge is -2.30. The molecule has 0 atom stereocenters. The summed E-state index contributed by atoms with van der Waals surface area (Å²) in [6.45, 7) is 0. The molecule has 0 aliphatic heterocycles. The van der Waals surface area contributed by atoms with E-state index in [1.54, 1.807) is 6.07 Å². The van der Waals surface area contributed by atoms with E-state index in [9.17, 15) is 18.0 Å². The Bertz CT molecular complexity index is 1250. The number of amides is 1. The van der Waals surface area contributed by atoms with Crippen LogP contribution in [0.5, 0.6) is 5.75 Å². The van der Waals surface area contributed by atoms with Crippen molar-refractivity contribution < 1.29 is 22.7 Å². The Kier molecular flexibility index (Phi) is 8.41. The van der Waals surface area contributed by atoms with Gasteiger partial charge in [-0.25, -0.2) is 4.98 Å². The highest BCUT2D eigenvalue weighted by Crippen LogP contribution is 2.30. The minimum atomic E-state index is -4.80. The number of carbonyl (C=O) groups excluding carboxylic acids is 1. The zero-order valence-corrected chi connectivity index (χ0v) is 22.2. The smallest absolute Gasteiger partial charge is 0.405 e. The third kappa shape index (κ3) is 7.47. The Morgan fingerprint density at radius 1 is 1.08 bits per heavy atom. The van der Waals surface area contributed by atoms with E-state index in [1.807, 2.05) is 43.3 Å². The minimum absolute atomic E-state index is 0.0243. The minimum Gasteiger partial charge on any atom is -0.405 e. The molecule has 0 bridgehead atoms. The van der Waals surface area contributed by atoms with E-state index in [0.29, 0.717) is 16.0 Å². The molecule has 1 aliphatic carbocycles. The molecular weight excluding hydrogens is 551 g/mol. The van der Waals surface area contributed by atoms with Gasteiger partial charge in [0.05, 0.1) is 5.52 Å². The molecule has 7 nitrogen and oxygen atoms in total. The number of para-hydroxylation sites is 1. The summed E-state index contributed by atoms with van der Waals surface area (Å²) in [4.78, 5) is 23.9. The van der Waals surface area contributed by atoms with Crippen molar-refractivity contribution in [3.63, 3.8) is 0 Å². The maximum Gasteiger partial charge on any atom is 0.573 e. The number of carbonyl (C=O) groups is 1. The Labute approximate surface area is 221 Å². The fourth-order valence-electron chi connectivity index (χ4n) is 4.53. The van der Waals surface area contributed by atoms with Crippen molar-refractivity contribution >= 4 is 44.5 Å². The molecule has 2 N–H and O–H groups in total. The number of rotatable bonds is 8. The summed E-state index contributed by atoms with van der Waals surface area (Å²) < 4.78 is 42.8. The van der Waals surface area contributed by atoms with Crippen molar-refractivity contribution in [3.05, 3.63) is 52.5 Å². The number of alkyl halides is 3. The molecule has 3 aromatic rings. The van der Waals surface area contributed by atoms with Crippen LogP contribution < -0.4 is 20.3 Å². The number of nitrogens with one attached hydrogen (secondary N) is 2. The van der Waals surface area contributed by atoms with Gasteiger partial charge in [0.2, 0.25) is 11.9 Å². The number of nitrogens with zero attached hydrogens (tertiary/aromatic N) is 3. The molecule has 4 rings (SSSR count). The van der Waals surface area contributed by atoms with Crippen LogP contribution in [0.1, 0.15) is 37.7 Å². The van der Waals surface area contributed by atoms with Gasteiger partial charge in [0.1, 0.15) is 11.6 Å². The number of aromatic nitrogens is 2. The van der Waals surface area contributed by atoms with Gasteiger partial charge in [0.25, 0.3) is 0 Å². The van der Waals surface area contributed by atoms with Crippen molar-refractivity contribution in [2.45, 2.75) is 57.0 Å². The second kappa shape index (κ2) is 11.5. The van der Waals surface area contributed by atoms with Crippen molar-refractivity contribution in [1.29, 1.82) is 0 Å². The number of hydrogen-bond acceptors (Lipinski definition) is 6. The molecule has 198 valence electrons. The van der Waals surface area contributed by atoms with Gasteiger partial charge in [-0.15, -0.1) is 13.2 Å². The van der Waals surface area contributed by atoms with Gasteiger partial charge < -0.3 is 20.3 Å². The van der Waals surface area contributed by atoms with Gasteiger partial charge >= 0.3 is 6.36 Å². The summed E-state index contributed by atoms with van der Waals surface area (Å²) in [6, 6.07) is 12.5. The Morgan fingerprint density at radius 3 is 2.49 bits per heavy atom. The van der Waals surface area contributed by atoms with Gasteiger partial charge in [-0.1, -0.05) is 34.1 Å². The molecule has 1 saturated carbocycles. The number of anilines is 2. The van der Waals surface area contributed by atoms with E-state index in [2.05, 4.69) is 36.3 Å². The molecule has 1 heterocycles. The van der Waals surface area contributed by atoms with E-state index in [-0.39, 0.29) is 36.6 Å². The summed E-state index contributed by atoms with van der Waals surface area (Å²) in [5.74, 6) is 0.949. The monoisotopic (exact) mass is 579 g/mol. The zero-order valence-electron chi connectivity index (χ0n) is 20.6.